The zero-order valence-corrected chi connectivity index (χ0v) is 10.3. The van der Waals surface area contributed by atoms with E-state index in [1.165, 1.54) is 25.7 Å². The fourth-order valence-corrected chi connectivity index (χ4v) is 4.42. The Labute approximate surface area is 89.5 Å². The van der Waals surface area contributed by atoms with Gasteiger partial charge in [0.15, 0.2) is 0 Å². The second-order valence-electron chi connectivity index (χ2n) is 6.11. The molecule has 5 unspecified atom stereocenters. The van der Waals surface area contributed by atoms with Crippen LogP contribution in [0.5, 0.6) is 0 Å². The SMILES string of the molecule is CCC1CC(C(C)C)C2C(C)CCC12. The minimum absolute atomic E-state index is 0.916. The zero-order valence-electron chi connectivity index (χ0n) is 10.3. The van der Waals surface area contributed by atoms with Gasteiger partial charge in [0.2, 0.25) is 0 Å². The van der Waals surface area contributed by atoms with Gasteiger partial charge in [0, 0.05) is 0 Å². The Balaban J connectivity index is 2.14. The van der Waals surface area contributed by atoms with Gasteiger partial charge >= 0.3 is 0 Å². The lowest BCUT2D eigenvalue weighted by Crippen LogP contribution is -2.20. The summed E-state index contributed by atoms with van der Waals surface area (Å²) in [5.41, 5.74) is 0. The zero-order chi connectivity index (χ0) is 10.3. The summed E-state index contributed by atoms with van der Waals surface area (Å²) in [6.45, 7) is 9.76. The van der Waals surface area contributed by atoms with Crippen molar-refractivity contribution in [3.05, 3.63) is 0 Å². The first-order valence-corrected chi connectivity index (χ1v) is 6.65. The first-order chi connectivity index (χ1) is 6.65. The molecule has 2 saturated carbocycles. The summed E-state index contributed by atoms with van der Waals surface area (Å²) < 4.78 is 0. The molecule has 0 nitrogen and oxygen atoms in total. The molecule has 14 heavy (non-hydrogen) atoms. The lowest BCUT2D eigenvalue weighted by molar-refractivity contribution is 0.226. The molecule has 0 spiro atoms. The van der Waals surface area contributed by atoms with Crippen molar-refractivity contribution in [3.8, 4) is 0 Å². The van der Waals surface area contributed by atoms with Crippen molar-refractivity contribution in [3.63, 3.8) is 0 Å². The lowest BCUT2D eigenvalue weighted by atomic mass is 9.79. The van der Waals surface area contributed by atoms with E-state index in [1.54, 1.807) is 0 Å². The fourth-order valence-electron chi connectivity index (χ4n) is 4.42. The van der Waals surface area contributed by atoms with E-state index in [-0.39, 0.29) is 0 Å². The summed E-state index contributed by atoms with van der Waals surface area (Å²) >= 11 is 0. The van der Waals surface area contributed by atoms with Crippen molar-refractivity contribution >= 4 is 0 Å². The topological polar surface area (TPSA) is 0 Å². The predicted octanol–water partition coefficient (Wildman–Crippen LogP) is 4.35. The van der Waals surface area contributed by atoms with Crippen molar-refractivity contribution in [1.82, 2.24) is 0 Å². The van der Waals surface area contributed by atoms with E-state index in [0.29, 0.717) is 0 Å². The van der Waals surface area contributed by atoms with Gasteiger partial charge < -0.3 is 0 Å². The van der Waals surface area contributed by atoms with Gasteiger partial charge in [-0.3, -0.25) is 0 Å². The number of rotatable bonds is 2. The van der Waals surface area contributed by atoms with Gasteiger partial charge in [-0.2, -0.15) is 0 Å². The van der Waals surface area contributed by atoms with Gasteiger partial charge in [-0.1, -0.05) is 40.5 Å². The number of hydrogen-bond acceptors (Lipinski definition) is 0. The Bertz CT molecular complexity index is 194. The molecule has 0 radical (unpaired) electrons. The van der Waals surface area contributed by atoms with Crippen LogP contribution in [0.4, 0.5) is 0 Å². The molecule has 0 amide bonds. The summed E-state index contributed by atoms with van der Waals surface area (Å²) in [7, 11) is 0. The lowest BCUT2D eigenvalue weighted by Gasteiger charge is -2.26. The molecule has 0 heterocycles. The molecule has 2 fully saturated rings. The third-order valence-electron chi connectivity index (χ3n) is 5.16. The maximum absolute atomic E-state index is 2.50. The third kappa shape index (κ3) is 1.51. The molecule has 0 aromatic carbocycles. The first-order valence-electron chi connectivity index (χ1n) is 6.65. The minimum Gasteiger partial charge on any atom is -0.0651 e. The highest BCUT2D eigenvalue weighted by molar-refractivity contribution is 4.97. The van der Waals surface area contributed by atoms with Crippen molar-refractivity contribution in [1.29, 1.82) is 0 Å². The molecule has 0 aromatic rings. The average molecular weight is 194 g/mol. The van der Waals surface area contributed by atoms with Crippen LogP contribution >= 0.6 is 0 Å². The van der Waals surface area contributed by atoms with Crippen LogP contribution in [0.2, 0.25) is 0 Å². The summed E-state index contributed by atoms with van der Waals surface area (Å²) in [6.07, 6.45) is 6.01. The highest BCUT2D eigenvalue weighted by Crippen LogP contribution is 2.56. The van der Waals surface area contributed by atoms with Crippen LogP contribution < -0.4 is 0 Å². The Morgan fingerprint density at radius 2 is 1.93 bits per heavy atom. The average Bonchev–Trinajstić information content (AvgIpc) is 2.66. The highest BCUT2D eigenvalue weighted by atomic mass is 14.5. The summed E-state index contributed by atoms with van der Waals surface area (Å²) in [4.78, 5) is 0. The molecule has 2 aliphatic rings. The van der Waals surface area contributed by atoms with Crippen LogP contribution in [0.15, 0.2) is 0 Å². The number of hydrogen-bond donors (Lipinski definition) is 0. The smallest absolute Gasteiger partial charge is 0.0326 e. The van der Waals surface area contributed by atoms with Gasteiger partial charge in [0.1, 0.15) is 0 Å². The van der Waals surface area contributed by atoms with Gasteiger partial charge in [0.25, 0.3) is 0 Å². The van der Waals surface area contributed by atoms with Gasteiger partial charge in [0.05, 0.1) is 0 Å². The van der Waals surface area contributed by atoms with Gasteiger partial charge in [-0.15, -0.1) is 0 Å². The molecule has 0 bridgehead atoms. The van der Waals surface area contributed by atoms with E-state index < -0.39 is 0 Å². The first kappa shape index (κ1) is 10.5. The van der Waals surface area contributed by atoms with E-state index in [4.69, 9.17) is 0 Å². The Hall–Kier alpha value is 0. The van der Waals surface area contributed by atoms with Crippen LogP contribution in [-0.4, -0.2) is 0 Å². The van der Waals surface area contributed by atoms with E-state index in [9.17, 15) is 0 Å². The van der Waals surface area contributed by atoms with E-state index in [1.807, 2.05) is 0 Å². The van der Waals surface area contributed by atoms with E-state index in [2.05, 4.69) is 27.7 Å². The third-order valence-corrected chi connectivity index (χ3v) is 5.16. The molecule has 2 rings (SSSR count). The molecule has 0 heteroatoms. The second-order valence-corrected chi connectivity index (χ2v) is 6.11. The standard InChI is InChI=1S/C14H26/c1-5-11-8-13(9(2)3)14-10(4)6-7-12(11)14/h9-14H,5-8H2,1-4H3. The van der Waals surface area contributed by atoms with Crippen molar-refractivity contribution < 1.29 is 0 Å². The molecule has 0 N–H and O–H groups in total. The Morgan fingerprint density at radius 1 is 1.21 bits per heavy atom. The Kier molecular flexibility index (Phi) is 2.91. The van der Waals surface area contributed by atoms with Crippen LogP contribution in [-0.2, 0) is 0 Å². The van der Waals surface area contributed by atoms with E-state index in [0.717, 1.165) is 35.5 Å². The van der Waals surface area contributed by atoms with Crippen LogP contribution in [0.3, 0.4) is 0 Å². The van der Waals surface area contributed by atoms with Crippen molar-refractivity contribution in [2.75, 3.05) is 0 Å². The summed E-state index contributed by atoms with van der Waals surface area (Å²) in [6, 6.07) is 0. The van der Waals surface area contributed by atoms with Gasteiger partial charge in [-0.05, 0) is 48.3 Å². The quantitative estimate of drug-likeness (QED) is 0.613. The second kappa shape index (κ2) is 3.87. The molecular weight excluding hydrogens is 168 g/mol. The summed E-state index contributed by atoms with van der Waals surface area (Å²) in [5.74, 6) is 6.23. The summed E-state index contributed by atoms with van der Waals surface area (Å²) in [5, 5.41) is 0. The molecular formula is C14H26. The molecule has 82 valence electrons. The molecule has 0 aromatic heterocycles. The number of fused-ring (bicyclic) bond motifs is 1. The molecule has 5 atom stereocenters. The molecule has 0 saturated heterocycles. The largest absolute Gasteiger partial charge is 0.0651 e. The van der Waals surface area contributed by atoms with Crippen molar-refractivity contribution in [2.45, 2.75) is 53.4 Å². The van der Waals surface area contributed by atoms with Gasteiger partial charge in [-0.25, -0.2) is 0 Å². The fraction of sp³-hybridized carbons (Fsp3) is 1.00. The predicted molar refractivity (Wildman–Crippen MR) is 62.1 cm³/mol. The monoisotopic (exact) mass is 194 g/mol. The maximum atomic E-state index is 2.50. The van der Waals surface area contributed by atoms with Crippen LogP contribution in [0.25, 0.3) is 0 Å². The Morgan fingerprint density at radius 3 is 2.50 bits per heavy atom. The van der Waals surface area contributed by atoms with Crippen LogP contribution in [0, 0.1) is 35.5 Å². The van der Waals surface area contributed by atoms with Crippen LogP contribution in [0.1, 0.15) is 53.4 Å². The normalized spacial score (nSPS) is 47.4. The molecule has 2 aliphatic carbocycles. The highest BCUT2D eigenvalue weighted by Gasteiger charge is 2.48. The van der Waals surface area contributed by atoms with Crippen molar-refractivity contribution in [2.24, 2.45) is 35.5 Å². The maximum Gasteiger partial charge on any atom is -0.0326 e. The molecule has 0 aliphatic heterocycles. The minimum atomic E-state index is 0.916. The van der Waals surface area contributed by atoms with E-state index >= 15 is 0 Å².